The molecule has 12 nitrogen and oxygen atoms in total. The molecular formula is C16H18N4O8S. The number of nitro benzene ring substituents is 1. The van der Waals surface area contributed by atoms with Gasteiger partial charge >= 0.3 is 5.97 Å². The molecule has 0 saturated carbocycles. The van der Waals surface area contributed by atoms with Crippen LogP contribution in [0.5, 0.6) is 0 Å². The number of imidazole rings is 1. The number of nitrogens with two attached hydrogens (primary N) is 1. The fourth-order valence-corrected chi connectivity index (χ4v) is 3.32. The van der Waals surface area contributed by atoms with Gasteiger partial charge in [-0.25, -0.2) is 9.78 Å². The topological polar surface area (TPSA) is 183 Å². The number of hydrogen-bond acceptors (Lipinski definition) is 11. The maximum absolute atomic E-state index is 12.2. The predicted octanol–water partition coefficient (Wildman–Crippen LogP) is -0.00980. The summed E-state index contributed by atoms with van der Waals surface area (Å²) in [6.07, 6.45) is -3.65. The SMILES string of the molecule is Nc1c(C(=O)OSCc2ccc([N+](=O)[O-])cc2)ncn1[C@@H]1O[C@H](CO)[C@@H](O)[C@H]1O. The van der Waals surface area contributed by atoms with Crippen molar-refractivity contribution in [3.05, 3.63) is 52.0 Å². The van der Waals surface area contributed by atoms with Crippen LogP contribution in [0, 0.1) is 10.1 Å². The molecule has 0 bridgehead atoms. The molecule has 0 amide bonds. The van der Waals surface area contributed by atoms with Crippen molar-refractivity contribution in [2.45, 2.75) is 30.3 Å². The number of benzene rings is 1. The Morgan fingerprint density at radius 2 is 2.03 bits per heavy atom. The van der Waals surface area contributed by atoms with Gasteiger partial charge in [-0.15, -0.1) is 0 Å². The van der Waals surface area contributed by atoms with Crippen molar-refractivity contribution in [2.24, 2.45) is 0 Å². The van der Waals surface area contributed by atoms with Crippen molar-refractivity contribution in [2.75, 3.05) is 12.3 Å². The largest absolute Gasteiger partial charge is 0.394 e. The summed E-state index contributed by atoms with van der Waals surface area (Å²) in [4.78, 5) is 26.2. The minimum Gasteiger partial charge on any atom is -0.394 e. The molecule has 1 aromatic carbocycles. The second-order valence-corrected chi connectivity index (χ2v) is 6.86. The van der Waals surface area contributed by atoms with Gasteiger partial charge in [0, 0.05) is 12.1 Å². The normalized spacial score (nSPS) is 23.8. The highest BCUT2D eigenvalue weighted by Crippen LogP contribution is 2.32. The highest BCUT2D eigenvalue weighted by molar-refractivity contribution is 7.94. The first-order chi connectivity index (χ1) is 13.8. The molecule has 1 aliphatic heterocycles. The van der Waals surface area contributed by atoms with Gasteiger partial charge in [0.25, 0.3) is 5.69 Å². The van der Waals surface area contributed by atoms with Gasteiger partial charge in [-0.05, 0) is 5.56 Å². The molecule has 0 aliphatic carbocycles. The number of nitro groups is 1. The van der Waals surface area contributed by atoms with E-state index in [0.29, 0.717) is 5.56 Å². The van der Waals surface area contributed by atoms with Crippen molar-refractivity contribution >= 4 is 29.5 Å². The van der Waals surface area contributed by atoms with E-state index >= 15 is 0 Å². The summed E-state index contributed by atoms with van der Waals surface area (Å²) < 4.78 is 11.6. The number of rotatable bonds is 7. The van der Waals surface area contributed by atoms with Crippen molar-refractivity contribution in [1.82, 2.24) is 9.55 Å². The average molecular weight is 426 g/mol. The molecule has 5 N–H and O–H groups in total. The van der Waals surface area contributed by atoms with E-state index in [1.807, 2.05) is 0 Å². The van der Waals surface area contributed by atoms with E-state index in [1.54, 1.807) is 12.1 Å². The zero-order valence-corrected chi connectivity index (χ0v) is 15.6. The van der Waals surface area contributed by atoms with Crippen LogP contribution in [0.2, 0.25) is 0 Å². The minimum atomic E-state index is -1.37. The van der Waals surface area contributed by atoms with Crippen molar-refractivity contribution in [1.29, 1.82) is 0 Å². The first kappa shape index (κ1) is 21.0. The lowest BCUT2D eigenvalue weighted by molar-refractivity contribution is -0.384. The first-order valence-corrected chi connectivity index (χ1v) is 9.26. The van der Waals surface area contributed by atoms with Gasteiger partial charge in [-0.2, -0.15) is 0 Å². The Kier molecular flexibility index (Phi) is 6.34. The Balaban J connectivity index is 1.60. The van der Waals surface area contributed by atoms with Gasteiger partial charge in [0.2, 0.25) is 0 Å². The summed E-state index contributed by atoms with van der Waals surface area (Å²) in [6, 6.07) is 5.78. The second kappa shape index (κ2) is 8.75. The molecule has 1 aromatic heterocycles. The monoisotopic (exact) mass is 426 g/mol. The van der Waals surface area contributed by atoms with E-state index in [0.717, 1.165) is 18.4 Å². The van der Waals surface area contributed by atoms with Crippen molar-refractivity contribution in [3.8, 4) is 0 Å². The van der Waals surface area contributed by atoms with Crippen LogP contribution in [0.15, 0.2) is 30.6 Å². The summed E-state index contributed by atoms with van der Waals surface area (Å²) >= 11 is 0.801. The van der Waals surface area contributed by atoms with Crippen LogP contribution >= 0.6 is 12.0 Å². The summed E-state index contributed by atoms with van der Waals surface area (Å²) in [7, 11) is 0. The maximum Gasteiger partial charge on any atom is 0.372 e. The highest BCUT2D eigenvalue weighted by Gasteiger charge is 2.44. The van der Waals surface area contributed by atoms with Gasteiger partial charge in [0.05, 0.1) is 35.7 Å². The van der Waals surface area contributed by atoms with E-state index in [2.05, 4.69) is 4.98 Å². The molecule has 29 heavy (non-hydrogen) atoms. The van der Waals surface area contributed by atoms with Gasteiger partial charge in [-0.3, -0.25) is 14.7 Å². The zero-order valence-electron chi connectivity index (χ0n) is 14.8. The van der Waals surface area contributed by atoms with E-state index < -0.39 is 42.0 Å². The molecule has 0 radical (unpaired) electrons. The number of hydrogen-bond donors (Lipinski definition) is 4. The molecule has 0 spiro atoms. The van der Waals surface area contributed by atoms with Crippen LogP contribution in [-0.2, 0) is 14.7 Å². The third kappa shape index (κ3) is 4.33. The fraction of sp³-hybridized carbons (Fsp3) is 0.375. The lowest BCUT2D eigenvalue weighted by atomic mass is 10.1. The number of ether oxygens (including phenoxy) is 1. The van der Waals surface area contributed by atoms with Crippen LogP contribution in [0.1, 0.15) is 22.3 Å². The van der Waals surface area contributed by atoms with Crippen LogP contribution in [-0.4, -0.2) is 60.7 Å². The number of nitrogens with zero attached hydrogens (tertiary/aromatic N) is 3. The van der Waals surface area contributed by atoms with E-state index in [9.17, 15) is 25.1 Å². The smallest absolute Gasteiger partial charge is 0.372 e. The number of non-ortho nitro benzene ring substituents is 1. The molecule has 2 heterocycles. The Bertz CT molecular complexity index is 890. The standard InChI is InChI=1S/C16H18N4O8S/c17-14-11(18-7-19(14)15-13(23)12(22)10(5-21)27-15)16(24)28-29-6-8-1-3-9(4-2-8)20(25)26/h1-4,7,10,12-13,15,21-23H,5-6,17H2/t10-,12-,13-,15-/m1/s1. The molecule has 2 aromatic rings. The summed E-state index contributed by atoms with van der Waals surface area (Å²) in [5, 5.41) is 39.7. The minimum absolute atomic E-state index is 0.0427. The maximum atomic E-state index is 12.2. The van der Waals surface area contributed by atoms with Crippen LogP contribution in [0.25, 0.3) is 0 Å². The fourth-order valence-electron chi connectivity index (χ4n) is 2.74. The van der Waals surface area contributed by atoms with Gasteiger partial charge in [0.1, 0.15) is 24.1 Å². The Morgan fingerprint density at radius 3 is 2.62 bits per heavy atom. The predicted molar refractivity (Wildman–Crippen MR) is 99.5 cm³/mol. The molecule has 1 fully saturated rings. The molecule has 1 aliphatic rings. The van der Waals surface area contributed by atoms with Gasteiger partial charge in [0.15, 0.2) is 11.9 Å². The van der Waals surface area contributed by atoms with E-state index in [4.69, 9.17) is 19.8 Å². The first-order valence-electron chi connectivity index (χ1n) is 8.35. The molecule has 3 rings (SSSR count). The molecular weight excluding hydrogens is 408 g/mol. The lowest BCUT2D eigenvalue weighted by Crippen LogP contribution is -2.33. The van der Waals surface area contributed by atoms with Gasteiger partial charge in [-0.1, -0.05) is 12.1 Å². The molecule has 0 unspecified atom stereocenters. The lowest BCUT2D eigenvalue weighted by Gasteiger charge is -2.17. The Labute approximate surface area is 168 Å². The molecule has 1 saturated heterocycles. The summed E-state index contributed by atoms with van der Waals surface area (Å²) in [6.45, 7) is -0.502. The third-order valence-electron chi connectivity index (χ3n) is 4.32. The van der Waals surface area contributed by atoms with Gasteiger partial charge < -0.3 is 30.0 Å². The number of anilines is 1. The number of nitrogen functional groups attached to an aromatic ring is 1. The number of aliphatic hydroxyl groups is 3. The van der Waals surface area contributed by atoms with Crippen molar-refractivity contribution < 1.29 is 34.0 Å². The molecule has 4 atom stereocenters. The zero-order chi connectivity index (χ0) is 21.1. The van der Waals surface area contributed by atoms with E-state index in [1.165, 1.54) is 16.7 Å². The summed E-state index contributed by atoms with van der Waals surface area (Å²) in [5.74, 6) is -0.722. The Morgan fingerprint density at radius 1 is 1.34 bits per heavy atom. The van der Waals surface area contributed by atoms with Crippen molar-refractivity contribution in [3.63, 3.8) is 0 Å². The summed E-state index contributed by atoms with van der Waals surface area (Å²) in [5.41, 5.74) is 6.35. The van der Waals surface area contributed by atoms with Crippen LogP contribution in [0.3, 0.4) is 0 Å². The quantitative estimate of drug-likeness (QED) is 0.265. The average Bonchev–Trinajstić information content (AvgIpc) is 3.22. The van der Waals surface area contributed by atoms with E-state index in [-0.39, 0.29) is 23.0 Å². The number of carbonyl (C=O) groups is 1. The number of aromatic nitrogens is 2. The Hall–Kier alpha value is -2.71. The van der Waals surface area contributed by atoms with Crippen LogP contribution in [0.4, 0.5) is 11.5 Å². The highest BCUT2D eigenvalue weighted by atomic mass is 32.2. The molecule has 13 heteroatoms. The number of carbonyl (C=O) groups excluding carboxylic acids is 1. The second-order valence-electron chi connectivity index (χ2n) is 6.17. The van der Waals surface area contributed by atoms with Crippen LogP contribution < -0.4 is 5.73 Å². The third-order valence-corrected chi connectivity index (χ3v) is 5.04. The number of aliphatic hydroxyl groups excluding tert-OH is 3. The molecule has 156 valence electrons.